The van der Waals surface area contributed by atoms with Gasteiger partial charge in [0, 0.05) is 16.9 Å². The van der Waals surface area contributed by atoms with Crippen molar-refractivity contribution in [1.29, 1.82) is 0 Å². The zero-order chi connectivity index (χ0) is 15.6. The molecule has 0 aliphatic rings. The van der Waals surface area contributed by atoms with Gasteiger partial charge < -0.3 is 5.11 Å². The topological polar surface area (TPSA) is 96.4 Å². The molecule has 0 spiro atoms. The van der Waals surface area contributed by atoms with Crippen LogP contribution in [0.5, 0.6) is 0 Å². The number of aromatic nitrogens is 1. The third kappa shape index (κ3) is 3.60. The maximum absolute atomic E-state index is 12.3. The van der Waals surface area contributed by atoms with Crippen molar-refractivity contribution in [2.75, 3.05) is 4.72 Å². The van der Waals surface area contributed by atoms with E-state index in [-0.39, 0.29) is 10.5 Å². The van der Waals surface area contributed by atoms with E-state index in [1.165, 1.54) is 30.6 Å². The number of carboxylic acids is 1. The van der Waals surface area contributed by atoms with Gasteiger partial charge >= 0.3 is 5.97 Å². The molecular weight excluding hydrogens is 428 g/mol. The van der Waals surface area contributed by atoms with Gasteiger partial charge in [-0.1, -0.05) is 0 Å². The predicted octanol–water partition coefficient (Wildman–Crippen LogP) is 3.11. The summed E-state index contributed by atoms with van der Waals surface area (Å²) in [6.45, 7) is 0. The van der Waals surface area contributed by atoms with Gasteiger partial charge in [0.05, 0.1) is 20.6 Å². The van der Waals surface area contributed by atoms with Crippen molar-refractivity contribution in [1.82, 2.24) is 4.98 Å². The van der Waals surface area contributed by atoms with Crippen molar-refractivity contribution in [2.24, 2.45) is 0 Å². The fourth-order valence-electron chi connectivity index (χ4n) is 1.50. The van der Waals surface area contributed by atoms with Crippen molar-refractivity contribution in [3.8, 4) is 0 Å². The number of rotatable bonds is 4. The van der Waals surface area contributed by atoms with Gasteiger partial charge in [0.25, 0.3) is 10.0 Å². The van der Waals surface area contributed by atoms with Crippen molar-refractivity contribution in [3.63, 3.8) is 0 Å². The molecular formula is C12H8Br2N2O4S. The first-order valence-electron chi connectivity index (χ1n) is 5.46. The van der Waals surface area contributed by atoms with Crippen LogP contribution in [0.4, 0.5) is 5.69 Å². The molecule has 2 aromatic rings. The lowest BCUT2D eigenvalue weighted by Gasteiger charge is -2.10. The molecule has 1 heterocycles. The average Bonchev–Trinajstić information content (AvgIpc) is 2.41. The van der Waals surface area contributed by atoms with E-state index < -0.39 is 16.0 Å². The molecule has 0 amide bonds. The molecule has 0 saturated heterocycles. The van der Waals surface area contributed by atoms with Crippen LogP contribution in [-0.2, 0) is 10.0 Å². The number of benzene rings is 1. The number of hydrogen-bond donors (Lipinski definition) is 2. The average molecular weight is 436 g/mol. The first kappa shape index (κ1) is 15.9. The molecule has 0 bridgehead atoms. The van der Waals surface area contributed by atoms with E-state index >= 15 is 0 Å². The monoisotopic (exact) mass is 434 g/mol. The number of nitrogens with one attached hydrogen (secondary N) is 1. The summed E-state index contributed by atoms with van der Waals surface area (Å²) in [6.07, 6.45) is 2.88. The Hall–Kier alpha value is -1.45. The molecule has 0 radical (unpaired) electrons. The van der Waals surface area contributed by atoms with Crippen LogP contribution in [-0.4, -0.2) is 24.5 Å². The Morgan fingerprint density at radius 2 is 1.90 bits per heavy atom. The Morgan fingerprint density at radius 1 is 1.19 bits per heavy atom. The lowest BCUT2D eigenvalue weighted by Crippen LogP contribution is -2.14. The standard InChI is InChI=1S/C12H8Br2N2O4S/c13-9-2-1-7(5-8(9)12(17)18)21(19,20)16-11-3-4-15-6-10(11)14/h1-6H,(H,15,16)(H,17,18). The van der Waals surface area contributed by atoms with E-state index in [1.54, 1.807) is 0 Å². The smallest absolute Gasteiger partial charge is 0.336 e. The lowest BCUT2D eigenvalue weighted by molar-refractivity contribution is 0.0695. The lowest BCUT2D eigenvalue weighted by atomic mass is 10.2. The first-order valence-corrected chi connectivity index (χ1v) is 8.53. The SMILES string of the molecule is O=C(O)c1cc(S(=O)(=O)Nc2ccncc2Br)ccc1Br. The van der Waals surface area contributed by atoms with Crippen LogP contribution in [0.25, 0.3) is 0 Å². The summed E-state index contributed by atoms with van der Waals surface area (Å²) in [5, 5.41) is 9.03. The van der Waals surface area contributed by atoms with Crippen molar-refractivity contribution in [3.05, 3.63) is 51.2 Å². The Balaban J connectivity index is 2.43. The van der Waals surface area contributed by atoms with E-state index in [0.717, 1.165) is 6.07 Å². The van der Waals surface area contributed by atoms with Crippen LogP contribution in [0.3, 0.4) is 0 Å². The second-order valence-electron chi connectivity index (χ2n) is 3.91. The summed E-state index contributed by atoms with van der Waals surface area (Å²) in [5.41, 5.74) is 0.177. The normalized spacial score (nSPS) is 11.1. The highest BCUT2D eigenvalue weighted by Gasteiger charge is 2.19. The highest BCUT2D eigenvalue weighted by molar-refractivity contribution is 9.11. The number of nitrogens with zero attached hydrogens (tertiary/aromatic N) is 1. The van der Waals surface area contributed by atoms with E-state index in [0.29, 0.717) is 14.6 Å². The maximum Gasteiger partial charge on any atom is 0.336 e. The fourth-order valence-corrected chi connectivity index (χ4v) is 3.50. The molecule has 0 unspecified atom stereocenters. The van der Waals surface area contributed by atoms with Crippen LogP contribution < -0.4 is 4.72 Å². The second-order valence-corrected chi connectivity index (χ2v) is 7.30. The number of aromatic carboxylic acids is 1. The molecule has 0 aliphatic carbocycles. The molecule has 1 aromatic carbocycles. The third-order valence-corrected chi connectivity index (χ3v) is 5.18. The van der Waals surface area contributed by atoms with Crippen LogP contribution in [0.15, 0.2) is 50.5 Å². The summed E-state index contributed by atoms with van der Waals surface area (Å²) in [5.74, 6) is -1.22. The van der Waals surface area contributed by atoms with Gasteiger partial charge in [0.1, 0.15) is 0 Å². The largest absolute Gasteiger partial charge is 0.478 e. The maximum atomic E-state index is 12.3. The number of carbonyl (C=O) groups is 1. The van der Waals surface area contributed by atoms with Crippen LogP contribution in [0, 0.1) is 0 Å². The first-order chi connectivity index (χ1) is 9.81. The van der Waals surface area contributed by atoms with E-state index in [2.05, 4.69) is 41.6 Å². The highest BCUT2D eigenvalue weighted by Crippen LogP contribution is 2.26. The molecule has 2 N–H and O–H groups in total. The molecule has 0 fully saturated rings. The third-order valence-electron chi connectivity index (χ3n) is 2.50. The Labute approximate surface area is 137 Å². The van der Waals surface area contributed by atoms with Gasteiger partial charge in [0.15, 0.2) is 0 Å². The quantitative estimate of drug-likeness (QED) is 0.768. The number of anilines is 1. The highest BCUT2D eigenvalue weighted by atomic mass is 79.9. The Bertz CT molecular complexity index is 809. The Kier molecular flexibility index (Phi) is 4.64. The van der Waals surface area contributed by atoms with Crippen LogP contribution >= 0.6 is 31.9 Å². The van der Waals surface area contributed by atoms with Gasteiger partial charge in [-0.2, -0.15) is 0 Å². The molecule has 110 valence electrons. The summed E-state index contributed by atoms with van der Waals surface area (Å²) in [6, 6.07) is 5.26. The van der Waals surface area contributed by atoms with Gasteiger partial charge in [-0.15, -0.1) is 0 Å². The number of carboxylic acid groups (broad SMARTS) is 1. The van der Waals surface area contributed by atoms with Crippen molar-refractivity contribution >= 4 is 53.5 Å². The summed E-state index contributed by atoms with van der Waals surface area (Å²) < 4.78 is 27.7. The molecule has 9 heteroatoms. The van der Waals surface area contributed by atoms with Gasteiger partial charge in [-0.05, 0) is 56.1 Å². The molecule has 6 nitrogen and oxygen atoms in total. The zero-order valence-electron chi connectivity index (χ0n) is 10.2. The minimum Gasteiger partial charge on any atom is -0.478 e. The van der Waals surface area contributed by atoms with Crippen LogP contribution in [0.1, 0.15) is 10.4 Å². The van der Waals surface area contributed by atoms with Crippen molar-refractivity contribution in [2.45, 2.75) is 4.90 Å². The number of hydrogen-bond acceptors (Lipinski definition) is 4. The summed E-state index contributed by atoms with van der Waals surface area (Å²) in [7, 11) is -3.90. The van der Waals surface area contributed by atoms with Gasteiger partial charge in [-0.3, -0.25) is 9.71 Å². The Morgan fingerprint density at radius 3 is 2.52 bits per heavy atom. The molecule has 2 rings (SSSR count). The van der Waals surface area contributed by atoms with E-state index in [1.807, 2.05) is 0 Å². The van der Waals surface area contributed by atoms with E-state index in [4.69, 9.17) is 5.11 Å². The summed E-state index contributed by atoms with van der Waals surface area (Å²) >= 11 is 6.24. The van der Waals surface area contributed by atoms with Gasteiger partial charge in [0.2, 0.25) is 0 Å². The van der Waals surface area contributed by atoms with Crippen LogP contribution in [0.2, 0.25) is 0 Å². The fraction of sp³-hybridized carbons (Fsp3) is 0. The number of sulfonamides is 1. The minimum absolute atomic E-state index is 0.133. The minimum atomic E-state index is -3.90. The molecule has 0 saturated carbocycles. The molecule has 21 heavy (non-hydrogen) atoms. The van der Waals surface area contributed by atoms with E-state index in [9.17, 15) is 13.2 Å². The predicted molar refractivity (Wildman–Crippen MR) is 83.8 cm³/mol. The number of pyridine rings is 1. The second kappa shape index (κ2) is 6.12. The van der Waals surface area contributed by atoms with Crippen molar-refractivity contribution < 1.29 is 18.3 Å². The molecule has 0 atom stereocenters. The molecule has 1 aromatic heterocycles. The summed E-state index contributed by atoms with van der Waals surface area (Å²) in [4.78, 5) is 14.7. The molecule has 0 aliphatic heterocycles. The van der Waals surface area contributed by atoms with Gasteiger partial charge in [-0.25, -0.2) is 13.2 Å². The number of halogens is 2. The zero-order valence-corrected chi connectivity index (χ0v) is 14.2.